The van der Waals surface area contributed by atoms with Crippen LogP contribution in [0.25, 0.3) is 0 Å². The van der Waals surface area contributed by atoms with Crippen molar-refractivity contribution in [3.8, 4) is 0 Å². The van der Waals surface area contributed by atoms with Gasteiger partial charge < -0.3 is 5.11 Å². The van der Waals surface area contributed by atoms with Gasteiger partial charge in [0.1, 0.15) is 0 Å². The molecular formula is C14H20O3S. The summed E-state index contributed by atoms with van der Waals surface area (Å²) in [6, 6.07) is 8.62. The number of hydrogen-bond donors (Lipinski definition) is 1. The number of rotatable bonds is 5. The van der Waals surface area contributed by atoms with Gasteiger partial charge >= 0.3 is 0 Å². The standard InChI is InChI=1S/C14H20O3S/c1-14(9-10-15)8-7-12(14)11-18(16,17)13-5-3-2-4-6-13/h2-6,12,15H,7-11H2,1H3/t12-,14+/m0/s1. The van der Waals surface area contributed by atoms with Gasteiger partial charge in [0.2, 0.25) is 0 Å². The van der Waals surface area contributed by atoms with Gasteiger partial charge in [-0.1, -0.05) is 25.1 Å². The van der Waals surface area contributed by atoms with E-state index in [4.69, 9.17) is 5.11 Å². The van der Waals surface area contributed by atoms with Crippen molar-refractivity contribution in [1.29, 1.82) is 0 Å². The van der Waals surface area contributed by atoms with Crippen LogP contribution in [0, 0.1) is 11.3 Å². The molecule has 0 unspecified atom stereocenters. The van der Waals surface area contributed by atoms with Crippen LogP contribution in [0.1, 0.15) is 26.2 Å². The molecule has 1 N–H and O–H groups in total. The average Bonchev–Trinajstić information content (AvgIpc) is 2.36. The van der Waals surface area contributed by atoms with E-state index in [1.54, 1.807) is 24.3 Å². The number of aliphatic hydroxyl groups excluding tert-OH is 1. The van der Waals surface area contributed by atoms with Gasteiger partial charge in [-0.3, -0.25) is 0 Å². The third kappa shape index (κ3) is 2.59. The molecule has 0 spiro atoms. The highest BCUT2D eigenvalue weighted by atomic mass is 32.2. The van der Waals surface area contributed by atoms with Gasteiger partial charge in [0.25, 0.3) is 0 Å². The van der Waals surface area contributed by atoms with Crippen LogP contribution in [-0.4, -0.2) is 25.9 Å². The molecule has 2 rings (SSSR count). The van der Waals surface area contributed by atoms with E-state index in [1.807, 2.05) is 6.07 Å². The van der Waals surface area contributed by atoms with Crippen LogP contribution in [0.4, 0.5) is 0 Å². The lowest BCUT2D eigenvalue weighted by Gasteiger charge is -2.47. The third-order valence-corrected chi connectivity index (χ3v) is 6.09. The predicted octanol–water partition coefficient (Wildman–Crippen LogP) is 2.26. The summed E-state index contributed by atoms with van der Waals surface area (Å²) >= 11 is 0. The van der Waals surface area contributed by atoms with Gasteiger partial charge in [-0.05, 0) is 42.7 Å². The second-order valence-corrected chi connectivity index (χ2v) is 7.49. The van der Waals surface area contributed by atoms with Crippen molar-refractivity contribution in [1.82, 2.24) is 0 Å². The molecule has 0 bridgehead atoms. The Labute approximate surface area is 109 Å². The lowest BCUT2D eigenvalue weighted by atomic mass is 9.60. The van der Waals surface area contributed by atoms with E-state index in [2.05, 4.69) is 6.92 Å². The second kappa shape index (κ2) is 5.02. The van der Waals surface area contributed by atoms with E-state index in [1.165, 1.54) is 0 Å². The Bertz CT molecular complexity index is 495. The molecule has 18 heavy (non-hydrogen) atoms. The molecule has 0 heterocycles. The van der Waals surface area contributed by atoms with Crippen LogP contribution in [0.2, 0.25) is 0 Å². The first kappa shape index (κ1) is 13.6. The van der Waals surface area contributed by atoms with E-state index in [0.29, 0.717) is 11.3 Å². The minimum absolute atomic E-state index is 0.00337. The summed E-state index contributed by atoms with van der Waals surface area (Å²) in [5.74, 6) is 0.378. The molecule has 4 heteroatoms. The fourth-order valence-corrected chi connectivity index (χ4v) is 4.56. The monoisotopic (exact) mass is 268 g/mol. The molecule has 2 atom stereocenters. The number of sulfone groups is 1. The minimum Gasteiger partial charge on any atom is -0.396 e. The lowest BCUT2D eigenvalue weighted by molar-refractivity contribution is 0.0375. The van der Waals surface area contributed by atoms with Gasteiger partial charge in [-0.2, -0.15) is 0 Å². The largest absolute Gasteiger partial charge is 0.396 e. The van der Waals surface area contributed by atoms with Crippen molar-refractivity contribution in [3.63, 3.8) is 0 Å². The molecule has 0 radical (unpaired) electrons. The van der Waals surface area contributed by atoms with E-state index < -0.39 is 9.84 Å². The van der Waals surface area contributed by atoms with Crippen LogP contribution < -0.4 is 0 Å². The molecule has 1 aliphatic carbocycles. The molecule has 3 nitrogen and oxygen atoms in total. The number of hydrogen-bond acceptors (Lipinski definition) is 3. The molecule has 1 saturated carbocycles. The maximum absolute atomic E-state index is 12.3. The first-order valence-corrected chi connectivity index (χ1v) is 8.02. The molecule has 0 aliphatic heterocycles. The van der Waals surface area contributed by atoms with Crippen LogP contribution in [0.3, 0.4) is 0 Å². The Kier molecular flexibility index (Phi) is 3.78. The predicted molar refractivity (Wildman–Crippen MR) is 71.0 cm³/mol. The summed E-state index contributed by atoms with van der Waals surface area (Å²) in [4.78, 5) is 0.406. The Morgan fingerprint density at radius 1 is 1.33 bits per heavy atom. The van der Waals surface area contributed by atoms with Crippen molar-refractivity contribution in [2.75, 3.05) is 12.4 Å². The van der Waals surface area contributed by atoms with Crippen molar-refractivity contribution >= 4 is 9.84 Å². The summed E-state index contributed by atoms with van der Waals surface area (Å²) in [7, 11) is -3.19. The maximum Gasteiger partial charge on any atom is 0.178 e. The maximum atomic E-state index is 12.3. The molecule has 100 valence electrons. The first-order valence-electron chi connectivity index (χ1n) is 6.37. The second-order valence-electron chi connectivity index (χ2n) is 5.46. The smallest absolute Gasteiger partial charge is 0.178 e. The van der Waals surface area contributed by atoms with Gasteiger partial charge in [-0.15, -0.1) is 0 Å². The minimum atomic E-state index is -3.19. The van der Waals surface area contributed by atoms with Gasteiger partial charge in [-0.25, -0.2) is 8.42 Å². The van der Waals surface area contributed by atoms with E-state index in [9.17, 15) is 8.42 Å². The Hall–Kier alpha value is -0.870. The molecule has 1 aromatic carbocycles. The van der Waals surface area contributed by atoms with E-state index in [-0.39, 0.29) is 23.7 Å². The molecule has 0 aromatic heterocycles. The van der Waals surface area contributed by atoms with Crippen LogP contribution in [0.5, 0.6) is 0 Å². The molecule has 1 fully saturated rings. The Balaban J connectivity index is 2.11. The van der Waals surface area contributed by atoms with Crippen molar-refractivity contribution in [2.24, 2.45) is 11.3 Å². The number of aliphatic hydroxyl groups is 1. The summed E-state index contributed by atoms with van der Waals surface area (Å²) < 4.78 is 24.5. The quantitative estimate of drug-likeness (QED) is 0.891. The van der Waals surface area contributed by atoms with Gasteiger partial charge in [0.05, 0.1) is 10.6 Å². The normalized spacial score (nSPS) is 27.8. The van der Waals surface area contributed by atoms with Gasteiger partial charge in [0.15, 0.2) is 9.84 Å². The van der Waals surface area contributed by atoms with Crippen molar-refractivity contribution in [2.45, 2.75) is 31.1 Å². The fourth-order valence-electron chi connectivity index (χ4n) is 2.70. The highest BCUT2D eigenvalue weighted by Gasteiger charge is 2.44. The molecule has 0 amide bonds. The summed E-state index contributed by atoms with van der Waals surface area (Å²) in [6.07, 6.45) is 2.66. The Morgan fingerprint density at radius 2 is 2.00 bits per heavy atom. The van der Waals surface area contributed by atoms with Gasteiger partial charge in [0, 0.05) is 6.61 Å². The highest BCUT2D eigenvalue weighted by Crippen LogP contribution is 2.49. The molecule has 1 aromatic rings. The molecule has 0 saturated heterocycles. The van der Waals surface area contributed by atoms with Crippen molar-refractivity contribution in [3.05, 3.63) is 30.3 Å². The fraction of sp³-hybridized carbons (Fsp3) is 0.571. The zero-order valence-corrected chi connectivity index (χ0v) is 11.5. The summed E-state index contributed by atoms with van der Waals surface area (Å²) in [5.41, 5.74) is -0.00337. The first-order chi connectivity index (χ1) is 8.48. The zero-order valence-electron chi connectivity index (χ0n) is 10.7. The van der Waals surface area contributed by atoms with Crippen LogP contribution >= 0.6 is 0 Å². The topological polar surface area (TPSA) is 54.4 Å². The highest BCUT2D eigenvalue weighted by molar-refractivity contribution is 7.91. The summed E-state index contributed by atoms with van der Waals surface area (Å²) in [5, 5.41) is 9.05. The molecule has 1 aliphatic rings. The van der Waals surface area contributed by atoms with Crippen LogP contribution in [0.15, 0.2) is 35.2 Å². The van der Waals surface area contributed by atoms with E-state index in [0.717, 1.165) is 12.8 Å². The number of benzene rings is 1. The van der Waals surface area contributed by atoms with Crippen molar-refractivity contribution < 1.29 is 13.5 Å². The lowest BCUT2D eigenvalue weighted by Crippen LogP contribution is -2.42. The summed E-state index contributed by atoms with van der Waals surface area (Å²) in [6.45, 7) is 2.22. The third-order valence-electron chi connectivity index (χ3n) is 4.26. The van der Waals surface area contributed by atoms with E-state index >= 15 is 0 Å². The Morgan fingerprint density at radius 3 is 2.50 bits per heavy atom. The molecular weight excluding hydrogens is 248 g/mol. The zero-order chi connectivity index (χ0) is 13.2. The SMILES string of the molecule is C[C@]1(CCO)CC[C@H]1CS(=O)(=O)c1ccccc1. The average molecular weight is 268 g/mol. The van der Waals surface area contributed by atoms with Crippen LogP contribution in [-0.2, 0) is 9.84 Å².